The number of nitrogens with one attached hydrogen (secondary N) is 1. The van der Waals surface area contributed by atoms with Gasteiger partial charge in [0.25, 0.3) is 5.91 Å². The third-order valence-electron chi connectivity index (χ3n) is 5.15. The van der Waals surface area contributed by atoms with Crippen molar-refractivity contribution < 1.29 is 19.1 Å². The maximum absolute atomic E-state index is 12.2. The lowest BCUT2D eigenvalue weighted by Gasteiger charge is -2.35. The van der Waals surface area contributed by atoms with Crippen LogP contribution in [0.25, 0.3) is 10.8 Å². The number of nitrogens with zero attached hydrogens (tertiary/aromatic N) is 2. The van der Waals surface area contributed by atoms with Crippen LogP contribution in [0, 0.1) is 11.8 Å². The summed E-state index contributed by atoms with van der Waals surface area (Å²) >= 11 is 0. The number of fused-ring (bicyclic) bond motifs is 1. The molecular formula is C24H30N4O4. The minimum atomic E-state index is -0.572. The number of nitrogens with two attached hydrogens (primary N) is 1. The number of piperidine rings is 1. The topological polar surface area (TPSA) is 107 Å². The number of hydrogen-bond acceptors (Lipinski definition) is 6. The third-order valence-corrected chi connectivity index (χ3v) is 5.15. The quantitative estimate of drug-likeness (QED) is 0.710. The van der Waals surface area contributed by atoms with E-state index in [1.807, 2.05) is 20.8 Å². The van der Waals surface area contributed by atoms with E-state index in [2.05, 4.69) is 27.0 Å². The Bertz CT molecular complexity index is 1100. The molecule has 32 heavy (non-hydrogen) atoms. The molecule has 0 bridgehead atoms. The van der Waals surface area contributed by atoms with Gasteiger partial charge in [-0.1, -0.05) is 5.92 Å². The Labute approximate surface area is 188 Å². The van der Waals surface area contributed by atoms with Gasteiger partial charge in [0.1, 0.15) is 17.2 Å². The standard InChI is InChI=1S/C24H30N4O4/c1-6-8-15-13-26-22(18-12-20(31-5)19(21(25)29)11-17(15)18)28-10-7-9-16(14-28)27-23(30)32-24(2,3)4/h11-13,16H,7,9-10,14H2,1-5H3,(H2,25,29)(H,27,30)/t16-/m0/s1. The van der Waals surface area contributed by atoms with Gasteiger partial charge in [-0.2, -0.15) is 0 Å². The first kappa shape index (κ1) is 23.2. The van der Waals surface area contributed by atoms with Crippen molar-refractivity contribution >= 4 is 28.6 Å². The van der Waals surface area contributed by atoms with Crippen molar-refractivity contribution in [3.05, 3.63) is 29.5 Å². The third kappa shape index (κ3) is 5.22. The van der Waals surface area contributed by atoms with Gasteiger partial charge in [-0.15, -0.1) is 5.92 Å². The molecule has 8 nitrogen and oxygen atoms in total. The number of alkyl carbamates (subject to hydrolysis) is 1. The molecular weight excluding hydrogens is 408 g/mol. The smallest absolute Gasteiger partial charge is 0.407 e. The second-order valence-corrected chi connectivity index (χ2v) is 8.76. The van der Waals surface area contributed by atoms with E-state index in [-0.39, 0.29) is 6.04 Å². The van der Waals surface area contributed by atoms with Gasteiger partial charge in [0.2, 0.25) is 0 Å². The first-order chi connectivity index (χ1) is 15.1. The Kier molecular flexibility index (Phi) is 6.78. The number of aromatic nitrogens is 1. The number of carbonyl (C=O) groups is 2. The summed E-state index contributed by atoms with van der Waals surface area (Å²) < 4.78 is 10.8. The highest BCUT2D eigenvalue weighted by molar-refractivity contribution is 6.05. The van der Waals surface area contributed by atoms with Crippen LogP contribution in [0.2, 0.25) is 0 Å². The lowest BCUT2D eigenvalue weighted by atomic mass is 10.0. The van der Waals surface area contributed by atoms with Crippen LogP contribution in [-0.4, -0.2) is 48.8 Å². The van der Waals surface area contributed by atoms with Crippen molar-refractivity contribution in [2.45, 2.75) is 52.2 Å². The minimum absolute atomic E-state index is 0.0719. The summed E-state index contributed by atoms with van der Waals surface area (Å²) in [5.41, 5.74) is 6.00. The largest absolute Gasteiger partial charge is 0.496 e. The van der Waals surface area contributed by atoms with E-state index in [1.165, 1.54) is 7.11 Å². The van der Waals surface area contributed by atoms with Gasteiger partial charge in [-0.25, -0.2) is 9.78 Å². The van der Waals surface area contributed by atoms with Crippen LogP contribution in [0.5, 0.6) is 5.75 Å². The molecule has 8 heteroatoms. The molecule has 0 radical (unpaired) electrons. The number of rotatable bonds is 4. The Balaban J connectivity index is 1.98. The number of ether oxygens (including phenoxy) is 2. The molecule has 0 unspecified atom stereocenters. The zero-order valence-corrected chi connectivity index (χ0v) is 19.2. The van der Waals surface area contributed by atoms with E-state index in [0.717, 1.165) is 36.0 Å². The Morgan fingerprint density at radius 3 is 2.66 bits per heavy atom. The summed E-state index contributed by atoms with van der Waals surface area (Å²) in [6.45, 7) is 8.63. The molecule has 1 fully saturated rings. The van der Waals surface area contributed by atoms with Crippen molar-refractivity contribution in [3.8, 4) is 17.6 Å². The summed E-state index contributed by atoms with van der Waals surface area (Å²) in [6, 6.07) is 3.42. The minimum Gasteiger partial charge on any atom is -0.496 e. The van der Waals surface area contributed by atoms with Gasteiger partial charge >= 0.3 is 6.09 Å². The molecule has 3 rings (SSSR count). The molecule has 1 aliphatic heterocycles. The molecule has 0 aliphatic carbocycles. The molecule has 1 aromatic carbocycles. The predicted octanol–water partition coefficient (Wildman–Crippen LogP) is 3.21. The summed E-state index contributed by atoms with van der Waals surface area (Å²) in [5.74, 6) is 6.49. The SMILES string of the molecule is CC#Cc1cnc(N2CCC[C@H](NC(=O)OC(C)(C)C)C2)c2cc(OC)c(C(N)=O)cc12. The normalized spacial score (nSPS) is 16.2. The van der Waals surface area contributed by atoms with Crippen LogP contribution in [0.1, 0.15) is 56.5 Å². The number of hydrogen-bond donors (Lipinski definition) is 2. The molecule has 0 saturated carbocycles. The van der Waals surface area contributed by atoms with Crippen LogP contribution in [0.15, 0.2) is 18.3 Å². The Hall–Kier alpha value is -3.47. The molecule has 2 heterocycles. The molecule has 2 amide bonds. The lowest BCUT2D eigenvalue weighted by molar-refractivity contribution is 0.0499. The van der Waals surface area contributed by atoms with Crippen molar-refractivity contribution in [2.75, 3.05) is 25.1 Å². The summed E-state index contributed by atoms with van der Waals surface area (Å²) in [4.78, 5) is 31.0. The zero-order valence-electron chi connectivity index (χ0n) is 19.2. The Morgan fingerprint density at radius 2 is 2.03 bits per heavy atom. The van der Waals surface area contributed by atoms with Gasteiger partial charge in [-0.3, -0.25) is 4.79 Å². The highest BCUT2D eigenvalue weighted by Gasteiger charge is 2.26. The molecule has 170 valence electrons. The fourth-order valence-corrected chi connectivity index (χ4v) is 3.86. The predicted molar refractivity (Wildman–Crippen MR) is 124 cm³/mol. The number of amides is 2. The van der Waals surface area contributed by atoms with Gasteiger partial charge in [0, 0.05) is 36.1 Å². The summed E-state index contributed by atoms with van der Waals surface area (Å²) in [6.07, 6.45) is 3.01. The zero-order chi connectivity index (χ0) is 23.5. The van der Waals surface area contributed by atoms with Crippen LogP contribution >= 0.6 is 0 Å². The number of carbonyl (C=O) groups excluding carboxylic acids is 2. The maximum atomic E-state index is 12.2. The van der Waals surface area contributed by atoms with Gasteiger partial charge < -0.3 is 25.4 Å². The molecule has 1 saturated heterocycles. The van der Waals surface area contributed by atoms with Crippen molar-refractivity contribution in [3.63, 3.8) is 0 Å². The second-order valence-electron chi connectivity index (χ2n) is 8.76. The van der Waals surface area contributed by atoms with E-state index in [0.29, 0.717) is 23.4 Å². The lowest BCUT2D eigenvalue weighted by Crippen LogP contribution is -2.49. The van der Waals surface area contributed by atoms with Crippen molar-refractivity contribution in [2.24, 2.45) is 5.73 Å². The summed E-state index contributed by atoms with van der Waals surface area (Å²) in [7, 11) is 1.50. The molecule has 3 N–H and O–H groups in total. The van der Waals surface area contributed by atoms with E-state index >= 15 is 0 Å². The van der Waals surface area contributed by atoms with Gasteiger partial charge in [0.15, 0.2) is 0 Å². The van der Waals surface area contributed by atoms with Gasteiger partial charge in [0.05, 0.1) is 18.2 Å². The monoisotopic (exact) mass is 438 g/mol. The molecule has 2 aromatic rings. The van der Waals surface area contributed by atoms with Crippen LogP contribution in [0.3, 0.4) is 0 Å². The average molecular weight is 439 g/mol. The number of benzene rings is 1. The van der Waals surface area contributed by atoms with Crippen LogP contribution < -0.4 is 20.7 Å². The van der Waals surface area contributed by atoms with Gasteiger partial charge in [-0.05, 0) is 52.7 Å². The summed E-state index contributed by atoms with van der Waals surface area (Å²) in [5, 5.41) is 4.55. The highest BCUT2D eigenvalue weighted by atomic mass is 16.6. The molecule has 0 spiro atoms. The number of pyridine rings is 1. The second kappa shape index (κ2) is 9.35. The maximum Gasteiger partial charge on any atom is 0.407 e. The molecule has 1 aliphatic rings. The Morgan fingerprint density at radius 1 is 1.28 bits per heavy atom. The van der Waals surface area contributed by atoms with E-state index < -0.39 is 17.6 Å². The van der Waals surface area contributed by atoms with E-state index in [1.54, 1.807) is 25.3 Å². The molecule has 1 aromatic heterocycles. The fraction of sp³-hybridized carbons (Fsp3) is 0.458. The average Bonchev–Trinajstić information content (AvgIpc) is 2.71. The first-order valence-electron chi connectivity index (χ1n) is 10.6. The number of methoxy groups -OCH3 is 1. The molecule has 1 atom stereocenters. The van der Waals surface area contributed by atoms with E-state index in [4.69, 9.17) is 15.2 Å². The van der Waals surface area contributed by atoms with Crippen molar-refractivity contribution in [1.29, 1.82) is 0 Å². The van der Waals surface area contributed by atoms with Crippen LogP contribution in [-0.2, 0) is 4.74 Å². The number of anilines is 1. The number of primary amides is 1. The first-order valence-corrected chi connectivity index (χ1v) is 10.6. The van der Waals surface area contributed by atoms with E-state index in [9.17, 15) is 9.59 Å². The van der Waals surface area contributed by atoms with Crippen LogP contribution in [0.4, 0.5) is 10.6 Å². The fourth-order valence-electron chi connectivity index (χ4n) is 3.86. The van der Waals surface area contributed by atoms with Crippen molar-refractivity contribution in [1.82, 2.24) is 10.3 Å². The highest BCUT2D eigenvalue weighted by Crippen LogP contribution is 2.34.